The molecule has 0 bridgehead atoms. The van der Waals surface area contributed by atoms with E-state index in [1.54, 1.807) is 22.4 Å². The number of urea groups is 1. The Labute approximate surface area is 121 Å². The van der Waals surface area contributed by atoms with E-state index in [-0.39, 0.29) is 12.1 Å². The zero-order valence-corrected chi connectivity index (χ0v) is 12.1. The number of nitrogens with one attached hydrogen (secondary N) is 1. The summed E-state index contributed by atoms with van der Waals surface area (Å²) in [5, 5.41) is 13.6. The Morgan fingerprint density at radius 3 is 3.05 bits per heavy atom. The number of carboxylic acids is 1. The summed E-state index contributed by atoms with van der Waals surface area (Å²) in [7, 11) is 0. The zero-order valence-electron chi connectivity index (χ0n) is 11.2. The van der Waals surface area contributed by atoms with Crippen LogP contribution >= 0.6 is 11.3 Å². The molecule has 0 aromatic carbocycles. The van der Waals surface area contributed by atoms with Gasteiger partial charge in [-0.2, -0.15) is 0 Å². The second-order valence-electron chi connectivity index (χ2n) is 4.72. The first-order valence-corrected chi connectivity index (χ1v) is 7.39. The van der Waals surface area contributed by atoms with E-state index in [0.717, 1.165) is 6.42 Å². The second kappa shape index (κ2) is 6.71. The lowest BCUT2D eigenvalue weighted by Crippen LogP contribution is -2.45. The molecule has 1 aromatic rings. The monoisotopic (exact) mass is 298 g/mol. The fourth-order valence-corrected chi connectivity index (χ4v) is 2.87. The number of carbonyl (C=O) groups is 2. The van der Waals surface area contributed by atoms with Crippen molar-refractivity contribution in [2.24, 2.45) is 0 Å². The number of hydrogen-bond acceptors (Lipinski definition) is 4. The molecule has 0 spiro atoms. The van der Waals surface area contributed by atoms with E-state index in [1.165, 1.54) is 11.3 Å². The van der Waals surface area contributed by atoms with Gasteiger partial charge in [-0.25, -0.2) is 9.59 Å². The second-order valence-corrected chi connectivity index (χ2v) is 5.70. The number of ether oxygens (including phenoxy) is 1. The summed E-state index contributed by atoms with van der Waals surface area (Å²) >= 11 is 1.31. The zero-order chi connectivity index (χ0) is 14.5. The van der Waals surface area contributed by atoms with Crippen LogP contribution in [0.3, 0.4) is 0 Å². The lowest BCUT2D eigenvalue weighted by molar-refractivity contribution is -0.139. The van der Waals surface area contributed by atoms with E-state index < -0.39 is 12.0 Å². The number of amides is 2. The quantitative estimate of drug-likeness (QED) is 0.890. The summed E-state index contributed by atoms with van der Waals surface area (Å²) in [6.07, 6.45) is 0.724. The van der Waals surface area contributed by atoms with Gasteiger partial charge in [0.25, 0.3) is 0 Å². The molecule has 1 fully saturated rings. The Hall–Kier alpha value is -1.60. The van der Waals surface area contributed by atoms with E-state index >= 15 is 0 Å². The third kappa shape index (κ3) is 3.71. The van der Waals surface area contributed by atoms with E-state index in [9.17, 15) is 14.7 Å². The molecule has 2 unspecified atom stereocenters. The molecule has 110 valence electrons. The van der Waals surface area contributed by atoms with Crippen molar-refractivity contribution in [3.8, 4) is 0 Å². The number of aliphatic carboxylic acids is 1. The Morgan fingerprint density at radius 1 is 1.60 bits per heavy atom. The number of carboxylic acid groups (broad SMARTS) is 1. The number of hydrogen-bond donors (Lipinski definition) is 2. The molecule has 20 heavy (non-hydrogen) atoms. The number of thiophene rings is 1. The molecule has 1 aliphatic rings. The summed E-state index contributed by atoms with van der Waals surface area (Å²) in [5.74, 6) is -1.06. The molecular formula is C13H18N2O4S. The van der Waals surface area contributed by atoms with Gasteiger partial charge >= 0.3 is 12.0 Å². The first kappa shape index (κ1) is 14.8. The van der Waals surface area contributed by atoms with Crippen molar-refractivity contribution in [2.75, 3.05) is 19.7 Å². The van der Waals surface area contributed by atoms with Crippen LogP contribution in [0, 0.1) is 0 Å². The Kier molecular flexibility index (Phi) is 4.97. The Balaban J connectivity index is 2.02. The molecule has 0 saturated carbocycles. The first-order chi connectivity index (χ1) is 9.58. The average molecular weight is 298 g/mol. The largest absolute Gasteiger partial charge is 0.479 e. The van der Waals surface area contributed by atoms with Gasteiger partial charge in [0.2, 0.25) is 0 Å². The van der Waals surface area contributed by atoms with Crippen LogP contribution in [0.4, 0.5) is 4.79 Å². The molecule has 2 rings (SSSR count). The predicted octanol–water partition coefficient (Wildman–Crippen LogP) is 1.69. The maximum absolute atomic E-state index is 12.2. The third-order valence-electron chi connectivity index (χ3n) is 3.08. The first-order valence-electron chi connectivity index (χ1n) is 6.51. The molecule has 1 saturated heterocycles. The van der Waals surface area contributed by atoms with Crippen LogP contribution in [-0.2, 0) is 9.53 Å². The molecule has 7 heteroatoms. The maximum Gasteiger partial charge on any atom is 0.331 e. The molecule has 2 amide bonds. The Bertz CT molecular complexity index is 463. The van der Waals surface area contributed by atoms with Crippen molar-refractivity contribution < 1.29 is 19.4 Å². The van der Waals surface area contributed by atoms with Crippen molar-refractivity contribution in [3.05, 3.63) is 22.4 Å². The van der Waals surface area contributed by atoms with E-state index in [0.29, 0.717) is 24.6 Å². The molecule has 2 heterocycles. The van der Waals surface area contributed by atoms with Crippen molar-refractivity contribution >= 4 is 23.3 Å². The van der Waals surface area contributed by atoms with Gasteiger partial charge in [-0.1, -0.05) is 6.07 Å². The predicted molar refractivity (Wildman–Crippen MR) is 74.8 cm³/mol. The smallest absolute Gasteiger partial charge is 0.331 e. The van der Waals surface area contributed by atoms with Gasteiger partial charge in [0, 0.05) is 24.6 Å². The van der Waals surface area contributed by atoms with Crippen LogP contribution in [0.1, 0.15) is 24.3 Å². The number of rotatable bonds is 3. The molecular weight excluding hydrogens is 280 g/mol. The fraction of sp³-hybridized carbons (Fsp3) is 0.538. The van der Waals surface area contributed by atoms with Crippen LogP contribution in [0.2, 0.25) is 0 Å². The molecule has 2 N–H and O–H groups in total. The van der Waals surface area contributed by atoms with Crippen LogP contribution in [-0.4, -0.2) is 47.8 Å². The van der Waals surface area contributed by atoms with E-state index in [4.69, 9.17) is 4.74 Å². The van der Waals surface area contributed by atoms with Gasteiger partial charge in [0.05, 0.1) is 6.10 Å². The Morgan fingerprint density at radius 2 is 2.40 bits per heavy atom. The van der Waals surface area contributed by atoms with Crippen LogP contribution < -0.4 is 5.32 Å². The van der Waals surface area contributed by atoms with Gasteiger partial charge in [-0.15, -0.1) is 11.3 Å². The molecule has 6 nitrogen and oxygen atoms in total. The minimum atomic E-state index is -1.06. The van der Waals surface area contributed by atoms with Gasteiger partial charge in [0.1, 0.15) is 0 Å². The highest BCUT2D eigenvalue weighted by Gasteiger charge is 2.27. The molecule has 0 radical (unpaired) electrons. The lowest BCUT2D eigenvalue weighted by atomic mass is 10.2. The average Bonchev–Trinajstić information content (AvgIpc) is 2.83. The van der Waals surface area contributed by atoms with Gasteiger partial charge in [0.15, 0.2) is 6.04 Å². The normalized spacial score (nSPS) is 21.1. The highest BCUT2D eigenvalue weighted by Crippen LogP contribution is 2.19. The summed E-state index contributed by atoms with van der Waals surface area (Å²) in [6.45, 7) is 3.58. The minimum absolute atomic E-state index is 0.0340. The van der Waals surface area contributed by atoms with E-state index in [1.807, 2.05) is 6.92 Å². The van der Waals surface area contributed by atoms with Crippen molar-refractivity contribution in [1.82, 2.24) is 10.2 Å². The highest BCUT2D eigenvalue weighted by atomic mass is 32.1. The standard InChI is InChI=1S/C13H18N2O4S/c1-9-8-15(5-3-6-19-9)13(18)14-11(12(16)17)10-4-2-7-20-10/h2,4,7,9,11H,3,5-6,8H2,1H3,(H,14,18)(H,16,17). The summed E-state index contributed by atoms with van der Waals surface area (Å²) in [5.41, 5.74) is 0. The van der Waals surface area contributed by atoms with Crippen molar-refractivity contribution in [2.45, 2.75) is 25.5 Å². The summed E-state index contributed by atoms with van der Waals surface area (Å²) in [4.78, 5) is 25.7. The lowest BCUT2D eigenvalue weighted by Gasteiger charge is -2.24. The molecule has 1 aromatic heterocycles. The van der Waals surface area contributed by atoms with Crippen LogP contribution in [0.25, 0.3) is 0 Å². The van der Waals surface area contributed by atoms with Crippen LogP contribution in [0.15, 0.2) is 17.5 Å². The van der Waals surface area contributed by atoms with Crippen molar-refractivity contribution in [1.29, 1.82) is 0 Å². The van der Waals surface area contributed by atoms with E-state index in [2.05, 4.69) is 5.32 Å². The summed E-state index contributed by atoms with van der Waals surface area (Å²) in [6, 6.07) is 2.12. The minimum Gasteiger partial charge on any atom is -0.479 e. The van der Waals surface area contributed by atoms with Gasteiger partial charge < -0.3 is 20.1 Å². The summed E-state index contributed by atoms with van der Waals surface area (Å²) < 4.78 is 5.47. The fourth-order valence-electron chi connectivity index (χ4n) is 2.10. The van der Waals surface area contributed by atoms with Gasteiger partial charge in [-0.05, 0) is 24.8 Å². The molecule has 2 atom stereocenters. The number of nitrogens with zero attached hydrogens (tertiary/aromatic N) is 1. The van der Waals surface area contributed by atoms with Gasteiger partial charge in [-0.3, -0.25) is 0 Å². The molecule has 1 aliphatic heterocycles. The topological polar surface area (TPSA) is 78.9 Å². The van der Waals surface area contributed by atoms with Crippen molar-refractivity contribution in [3.63, 3.8) is 0 Å². The highest BCUT2D eigenvalue weighted by molar-refractivity contribution is 7.10. The third-order valence-corrected chi connectivity index (χ3v) is 4.02. The van der Waals surface area contributed by atoms with Crippen LogP contribution in [0.5, 0.6) is 0 Å². The maximum atomic E-state index is 12.2. The SMILES string of the molecule is CC1CN(C(=O)NC(C(=O)O)c2cccs2)CCCO1. The molecule has 0 aliphatic carbocycles. The number of carbonyl (C=O) groups excluding carboxylic acids is 1.